The molecule has 76 valence electrons. The van der Waals surface area contributed by atoms with Crippen LogP contribution in [0.15, 0.2) is 41.5 Å². The maximum absolute atomic E-state index is 10.0. The van der Waals surface area contributed by atoms with Gasteiger partial charge >= 0.3 is 0 Å². The summed E-state index contributed by atoms with van der Waals surface area (Å²) in [6.45, 7) is 1.77. The molecule has 3 N–H and O–H groups in total. The van der Waals surface area contributed by atoms with Crippen molar-refractivity contribution < 1.29 is 5.11 Å². The minimum Gasteiger partial charge on any atom is -0.507 e. The number of hydrogen-bond donors (Lipinski definition) is 2. The first-order valence-corrected chi connectivity index (χ1v) is 4.69. The fraction of sp³-hybridized carbons (Fsp3) is 0.0833. The number of nitrogens with two attached hydrogens (primary N) is 1. The Hall–Kier alpha value is -2.03. The normalized spacial score (nSPS) is 11.9. The molecule has 0 aliphatic rings. The molecule has 0 aromatic heterocycles. The summed E-state index contributed by atoms with van der Waals surface area (Å²) in [5.41, 5.74) is 1.30. The monoisotopic (exact) mass is 200 g/mol. The van der Waals surface area contributed by atoms with Gasteiger partial charge in [0.05, 0.1) is 5.71 Å². The highest BCUT2D eigenvalue weighted by molar-refractivity contribution is 6.06. The second-order valence-corrected chi connectivity index (χ2v) is 3.40. The van der Waals surface area contributed by atoms with Gasteiger partial charge in [0.25, 0.3) is 0 Å². The molecule has 2 rings (SSSR count). The van der Waals surface area contributed by atoms with E-state index in [1.807, 2.05) is 36.4 Å². The van der Waals surface area contributed by atoms with Gasteiger partial charge in [-0.1, -0.05) is 30.3 Å². The van der Waals surface area contributed by atoms with E-state index in [2.05, 4.69) is 5.10 Å². The third kappa shape index (κ3) is 1.52. The molecule has 0 bridgehead atoms. The number of rotatable bonds is 1. The quantitative estimate of drug-likeness (QED) is 0.421. The number of aromatic hydroxyl groups is 1. The minimum atomic E-state index is 0.236. The van der Waals surface area contributed by atoms with Crippen LogP contribution in [0.3, 0.4) is 0 Å². The van der Waals surface area contributed by atoms with Crippen LogP contribution in [0.4, 0.5) is 0 Å². The molecule has 0 heterocycles. The van der Waals surface area contributed by atoms with Crippen molar-refractivity contribution in [2.75, 3.05) is 0 Å². The molecule has 0 spiro atoms. The molecule has 0 saturated carbocycles. The summed E-state index contributed by atoms with van der Waals surface area (Å²) in [7, 11) is 0. The van der Waals surface area contributed by atoms with Gasteiger partial charge in [0.2, 0.25) is 0 Å². The largest absolute Gasteiger partial charge is 0.507 e. The minimum absolute atomic E-state index is 0.236. The van der Waals surface area contributed by atoms with Crippen molar-refractivity contribution in [1.82, 2.24) is 0 Å². The first kappa shape index (κ1) is 9.52. The lowest BCUT2D eigenvalue weighted by Gasteiger charge is -2.06. The van der Waals surface area contributed by atoms with E-state index >= 15 is 0 Å². The lowest BCUT2D eigenvalue weighted by Crippen LogP contribution is -1.99. The van der Waals surface area contributed by atoms with Crippen LogP contribution in [0.5, 0.6) is 5.75 Å². The van der Waals surface area contributed by atoms with E-state index in [0.29, 0.717) is 11.3 Å². The zero-order valence-corrected chi connectivity index (χ0v) is 8.44. The molecular weight excluding hydrogens is 188 g/mol. The summed E-state index contributed by atoms with van der Waals surface area (Å²) in [5, 5.41) is 15.4. The second-order valence-electron chi connectivity index (χ2n) is 3.40. The molecule has 0 radical (unpaired) electrons. The number of phenolic OH excluding ortho intramolecular Hbond substituents is 1. The molecule has 2 aromatic rings. The second kappa shape index (κ2) is 3.61. The van der Waals surface area contributed by atoms with E-state index in [4.69, 9.17) is 5.84 Å². The SMILES string of the molecule is C/C(=N\N)c1ccc2ccccc2c1O. The molecule has 0 aliphatic carbocycles. The van der Waals surface area contributed by atoms with E-state index in [0.717, 1.165) is 10.8 Å². The standard InChI is InChI=1S/C12H12N2O/c1-8(14-13)10-7-6-9-4-2-3-5-11(9)12(10)15/h2-7,15H,13H2,1H3/b14-8+. The van der Waals surface area contributed by atoms with Gasteiger partial charge in [0, 0.05) is 10.9 Å². The highest BCUT2D eigenvalue weighted by atomic mass is 16.3. The maximum atomic E-state index is 10.0. The first-order chi connectivity index (χ1) is 7.24. The molecule has 0 saturated heterocycles. The van der Waals surface area contributed by atoms with E-state index in [9.17, 15) is 5.11 Å². The molecule has 3 heteroatoms. The Morgan fingerprint density at radius 2 is 1.93 bits per heavy atom. The highest BCUT2D eigenvalue weighted by Crippen LogP contribution is 2.28. The third-order valence-electron chi connectivity index (χ3n) is 2.48. The van der Waals surface area contributed by atoms with Gasteiger partial charge in [-0.05, 0) is 18.4 Å². The summed E-state index contributed by atoms with van der Waals surface area (Å²) in [6, 6.07) is 11.4. The number of benzene rings is 2. The third-order valence-corrected chi connectivity index (χ3v) is 2.48. The molecule has 15 heavy (non-hydrogen) atoms. The van der Waals surface area contributed by atoms with Crippen molar-refractivity contribution in [3.63, 3.8) is 0 Å². The summed E-state index contributed by atoms with van der Waals surface area (Å²) in [5.74, 6) is 5.43. The molecule has 3 nitrogen and oxygen atoms in total. The van der Waals surface area contributed by atoms with Crippen LogP contribution in [0.25, 0.3) is 10.8 Å². The fourth-order valence-corrected chi connectivity index (χ4v) is 1.62. The van der Waals surface area contributed by atoms with Crippen molar-refractivity contribution >= 4 is 16.5 Å². The van der Waals surface area contributed by atoms with Gasteiger partial charge in [0.15, 0.2) is 0 Å². The molecule has 0 amide bonds. The fourth-order valence-electron chi connectivity index (χ4n) is 1.62. The van der Waals surface area contributed by atoms with Gasteiger partial charge in [-0.2, -0.15) is 5.10 Å². The van der Waals surface area contributed by atoms with Crippen molar-refractivity contribution in [2.24, 2.45) is 10.9 Å². The average molecular weight is 200 g/mol. The topological polar surface area (TPSA) is 58.6 Å². The average Bonchev–Trinajstić information content (AvgIpc) is 2.29. The van der Waals surface area contributed by atoms with E-state index in [1.54, 1.807) is 6.92 Å². The summed E-state index contributed by atoms with van der Waals surface area (Å²) in [6.07, 6.45) is 0. The molecule has 0 fully saturated rings. The smallest absolute Gasteiger partial charge is 0.132 e. The van der Waals surface area contributed by atoms with Crippen LogP contribution < -0.4 is 5.84 Å². The molecule has 0 atom stereocenters. The van der Waals surface area contributed by atoms with Crippen molar-refractivity contribution in [3.05, 3.63) is 42.0 Å². The van der Waals surface area contributed by atoms with Crippen LogP contribution in [0.2, 0.25) is 0 Å². The Labute approximate surface area is 87.8 Å². The molecular formula is C12H12N2O. The number of hydrogen-bond acceptors (Lipinski definition) is 3. The van der Waals surface area contributed by atoms with Crippen LogP contribution in [0.1, 0.15) is 12.5 Å². The Balaban J connectivity index is 2.76. The lowest BCUT2D eigenvalue weighted by molar-refractivity contribution is 0.480. The van der Waals surface area contributed by atoms with Crippen molar-refractivity contribution in [2.45, 2.75) is 6.92 Å². The zero-order chi connectivity index (χ0) is 10.8. The van der Waals surface area contributed by atoms with E-state index in [-0.39, 0.29) is 5.75 Å². The molecule has 0 unspecified atom stereocenters. The van der Waals surface area contributed by atoms with Gasteiger partial charge in [-0.25, -0.2) is 0 Å². The molecule has 0 aliphatic heterocycles. The predicted molar refractivity (Wildman–Crippen MR) is 62.0 cm³/mol. The molecule has 2 aromatic carbocycles. The highest BCUT2D eigenvalue weighted by Gasteiger charge is 2.07. The number of nitrogens with zero attached hydrogens (tertiary/aromatic N) is 1. The Kier molecular flexibility index (Phi) is 2.29. The van der Waals surface area contributed by atoms with Gasteiger partial charge in [-0.3, -0.25) is 0 Å². The van der Waals surface area contributed by atoms with Crippen molar-refractivity contribution in [1.29, 1.82) is 0 Å². The number of fused-ring (bicyclic) bond motifs is 1. The van der Waals surface area contributed by atoms with Crippen LogP contribution in [0, 0.1) is 0 Å². The Morgan fingerprint density at radius 3 is 2.67 bits per heavy atom. The summed E-state index contributed by atoms with van der Waals surface area (Å²) >= 11 is 0. The Bertz CT molecular complexity index is 532. The van der Waals surface area contributed by atoms with Gasteiger partial charge in [-0.15, -0.1) is 0 Å². The Morgan fingerprint density at radius 1 is 1.20 bits per heavy atom. The maximum Gasteiger partial charge on any atom is 0.132 e. The van der Waals surface area contributed by atoms with Crippen LogP contribution in [-0.4, -0.2) is 10.8 Å². The predicted octanol–water partition coefficient (Wildman–Crippen LogP) is 2.23. The van der Waals surface area contributed by atoms with Crippen LogP contribution in [-0.2, 0) is 0 Å². The zero-order valence-electron chi connectivity index (χ0n) is 8.44. The van der Waals surface area contributed by atoms with E-state index in [1.165, 1.54) is 0 Å². The lowest BCUT2D eigenvalue weighted by atomic mass is 10.0. The first-order valence-electron chi connectivity index (χ1n) is 4.69. The summed E-state index contributed by atoms with van der Waals surface area (Å²) in [4.78, 5) is 0. The summed E-state index contributed by atoms with van der Waals surface area (Å²) < 4.78 is 0. The van der Waals surface area contributed by atoms with E-state index < -0.39 is 0 Å². The van der Waals surface area contributed by atoms with Crippen molar-refractivity contribution in [3.8, 4) is 5.75 Å². The van der Waals surface area contributed by atoms with Gasteiger partial charge in [0.1, 0.15) is 5.75 Å². The number of hydrazone groups is 1. The van der Waals surface area contributed by atoms with Gasteiger partial charge < -0.3 is 10.9 Å². The van der Waals surface area contributed by atoms with Crippen LogP contribution >= 0.6 is 0 Å². The number of phenols is 1.